The summed E-state index contributed by atoms with van der Waals surface area (Å²) in [5, 5.41) is 17.3. The summed E-state index contributed by atoms with van der Waals surface area (Å²) < 4.78 is 4.94. The van der Waals surface area contributed by atoms with E-state index in [4.69, 9.17) is 4.74 Å². The standard InChI is InChI=1S/C16H23N3O4.ClH/c1-16(2)7-4-8-17-14(16)10-18-15(20)11-5-6-13(23-3)12(9-11)19(21)22;/h5-6,9,14,17H,4,7-8,10H2,1-3H3,(H,18,20);1H. The molecule has 1 fully saturated rings. The summed E-state index contributed by atoms with van der Waals surface area (Å²) in [4.78, 5) is 22.7. The average Bonchev–Trinajstić information content (AvgIpc) is 2.52. The van der Waals surface area contributed by atoms with E-state index in [1.54, 1.807) is 0 Å². The molecule has 1 atom stereocenters. The van der Waals surface area contributed by atoms with Crippen LogP contribution in [0.15, 0.2) is 18.2 Å². The lowest BCUT2D eigenvalue weighted by Crippen LogP contribution is -2.52. The molecular weight excluding hydrogens is 334 g/mol. The molecule has 0 bridgehead atoms. The molecule has 24 heavy (non-hydrogen) atoms. The fourth-order valence-electron chi connectivity index (χ4n) is 2.89. The molecule has 134 valence electrons. The molecule has 1 aromatic carbocycles. The molecular formula is C16H24ClN3O4. The Balaban J connectivity index is 0.00000288. The van der Waals surface area contributed by atoms with Crippen LogP contribution in [-0.2, 0) is 0 Å². The normalized spacial score (nSPS) is 19.0. The Morgan fingerprint density at radius 1 is 1.50 bits per heavy atom. The number of amides is 1. The van der Waals surface area contributed by atoms with E-state index in [1.807, 2.05) is 0 Å². The molecule has 1 amide bonds. The van der Waals surface area contributed by atoms with Gasteiger partial charge in [-0.25, -0.2) is 0 Å². The summed E-state index contributed by atoms with van der Waals surface area (Å²) in [7, 11) is 1.36. The first-order valence-electron chi connectivity index (χ1n) is 7.69. The van der Waals surface area contributed by atoms with Crippen molar-refractivity contribution in [3.63, 3.8) is 0 Å². The molecule has 0 aromatic heterocycles. The van der Waals surface area contributed by atoms with Crippen LogP contribution in [0.1, 0.15) is 37.0 Å². The van der Waals surface area contributed by atoms with Crippen molar-refractivity contribution in [3.8, 4) is 5.75 Å². The van der Waals surface area contributed by atoms with Gasteiger partial charge in [0, 0.05) is 24.2 Å². The van der Waals surface area contributed by atoms with E-state index in [0.717, 1.165) is 19.4 Å². The number of nitrogens with one attached hydrogen (secondary N) is 2. The zero-order chi connectivity index (χ0) is 17.0. The number of nitro groups is 1. The minimum absolute atomic E-state index is 0. The van der Waals surface area contributed by atoms with E-state index in [9.17, 15) is 14.9 Å². The molecule has 8 heteroatoms. The maximum absolute atomic E-state index is 12.3. The third-order valence-corrected chi connectivity index (χ3v) is 4.44. The van der Waals surface area contributed by atoms with Crippen LogP contribution < -0.4 is 15.4 Å². The Bertz CT molecular complexity index is 607. The SMILES string of the molecule is COc1ccc(C(=O)NCC2NCCCC2(C)C)cc1[N+](=O)[O-].Cl. The number of hydrogen-bond donors (Lipinski definition) is 2. The van der Waals surface area contributed by atoms with Crippen LogP contribution in [0.25, 0.3) is 0 Å². The van der Waals surface area contributed by atoms with Crippen molar-refractivity contribution in [2.75, 3.05) is 20.2 Å². The highest BCUT2D eigenvalue weighted by atomic mass is 35.5. The number of carbonyl (C=O) groups excluding carboxylic acids is 1. The summed E-state index contributed by atoms with van der Waals surface area (Å²) in [5.41, 5.74) is 0.152. The number of methoxy groups -OCH3 is 1. The number of hydrogen-bond acceptors (Lipinski definition) is 5. The molecule has 0 radical (unpaired) electrons. The minimum atomic E-state index is -0.554. The molecule has 7 nitrogen and oxygen atoms in total. The van der Waals surface area contributed by atoms with Crippen LogP contribution in [0, 0.1) is 15.5 Å². The Hall–Kier alpha value is -1.86. The van der Waals surface area contributed by atoms with Crippen LogP contribution in [0.3, 0.4) is 0 Å². The van der Waals surface area contributed by atoms with Crippen LogP contribution in [0.5, 0.6) is 5.75 Å². The highest BCUT2D eigenvalue weighted by Gasteiger charge is 2.32. The van der Waals surface area contributed by atoms with E-state index in [2.05, 4.69) is 24.5 Å². The van der Waals surface area contributed by atoms with Gasteiger partial charge in [-0.3, -0.25) is 14.9 Å². The molecule has 1 aromatic rings. The van der Waals surface area contributed by atoms with Gasteiger partial charge in [-0.05, 0) is 36.9 Å². The van der Waals surface area contributed by atoms with Crippen LogP contribution in [0.4, 0.5) is 5.69 Å². The molecule has 1 aliphatic heterocycles. The highest BCUT2D eigenvalue weighted by Crippen LogP contribution is 2.30. The Morgan fingerprint density at radius 2 is 2.21 bits per heavy atom. The van der Waals surface area contributed by atoms with Gasteiger partial charge in [0.15, 0.2) is 5.75 Å². The summed E-state index contributed by atoms with van der Waals surface area (Å²) in [6.45, 7) is 5.78. The van der Waals surface area contributed by atoms with Gasteiger partial charge in [0.05, 0.1) is 12.0 Å². The first kappa shape index (κ1) is 20.2. The molecule has 0 spiro atoms. The van der Waals surface area contributed by atoms with E-state index >= 15 is 0 Å². The first-order chi connectivity index (χ1) is 10.8. The zero-order valence-corrected chi connectivity index (χ0v) is 14.9. The molecule has 1 heterocycles. The lowest BCUT2D eigenvalue weighted by atomic mass is 9.77. The molecule has 1 saturated heterocycles. The van der Waals surface area contributed by atoms with Gasteiger partial charge in [0.25, 0.3) is 5.91 Å². The third-order valence-electron chi connectivity index (χ3n) is 4.44. The predicted octanol–water partition coefficient (Wildman–Crippen LogP) is 2.53. The number of rotatable bonds is 5. The van der Waals surface area contributed by atoms with E-state index < -0.39 is 4.92 Å². The fraction of sp³-hybridized carbons (Fsp3) is 0.562. The number of carbonyl (C=O) groups is 1. The number of halogens is 1. The van der Waals surface area contributed by atoms with E-state index in [0.29, 0.717) is 6.54 Å². The highest BCUT2D eigenvalue weighted by molar-refractivity contribution is 5.95. The van der Waals surface area contributed by atoms with Gasteiger partial charge < -0.3 is 15.4 Å². The van der Waals surface area contributed by atoms with Gasteiger partial charge in [-0.1, -0.05) is 13.8 Å². The van der Waals surface area contributed by atoms with Crippen molar-refractivity contribution in [2.24, 2.45) is 5.41 Å². The number of nitrogens with zero attached hydrogens (tertiary/aromatic N) is 1. The molecule has 0 aliphatic carbocycles. The van der Waals surface area contributed by atoms with E-state index in [-0.39, 0.29) is 46.8 Å². The van der Waals surface area contributed by atoms with Gasteiger partial charge in [0.1, 0.15) is 0 Å². The van der Waals surface area contributed by atoms with Gasteiger partial charge in [-0.2, -0.15) is 0 Å². The maximum atomic E-state index is 12.3. The summed E-state index contributed by atoms with van der Waals surface area (Å²) in [6, 6.07) is 4.40. The monoisotopic (exact) mass is 357 g/mol. The molecule has 2 rings (SSSR count). The second-order valence-electron chi connectivity index (χ2n) is 6.45. The lowest BCUT2D eigenvalue weighted by molar-refractivity contribution is -0.385. The topological polar surface area (TPSA) is 93.5 Å². The maximum Gasteiger partial charge on any atom is 0.311 e. The van der Waals surface area contributed by atoms with Gasteiger partial charge >= 0.3 is 5.69 Å². The quantitative estimate of drug-likeness (QED) is 0.624. The Kier molecular flexibility index (Phi) is 6.98. The van der Waals surface area contributed by atoms with Crippen molar-refractivity contribution in [1.82, 2.24) is 10.6 Å². The number of nitro benzene ring substituents is 1. The summed E-state index contributed by atoms with van der Waals surface area (Å²) in [5.74, 6) is -0.180. The lowest BCUT2D eigenvalue weighted by Gasteiger charge is -2.39. The fourth-order valence-corrected chi connectivity index (χ4v) is 2.89. The Labute approximate surface area is 147 Å². The van der Waals surface area contributed by atoms with Crippen LogP contribution >= 0.6 is 12.4 Å². The van der Waals surface area contributed by atoms with Crippen LogP contribution in [-0.4, -0.2) is 37.1 Å². The smallest absolute Gasteiger partial charge is 0.311 e. The Morgan fingerprint density at radius 3 is 2.79 bits per heavy atom. The van der Waals surface area contributed by atoms with Crippen molar-refractivity contribution in [3.05, 3.63) is 33.9 Å². The molecule has 2 N–H and O–H groups in total. The molecule has 0 saturated carbocycles. The van der Waals surface area contributed by atoms with Crippen molar-refractivity contribution < 1.29 is 14.5 Å². The molecule has 1 unspecified atom stereocenters. The second kappa shape index (κ2) is 8.30. The number of piperidine rings is 1. The molecule has 1 aliphatic rings. The number of ether oxygens (including phenoxy) is 1. The predicted molar refractivity (Wildman–Crippen MR) is 94.0 cm³/mol. The third kappa shape index (κ3) is 4.58. The summed E-state index contributed by atoms with van der Waals surface area (Å²) in [6.07, 6.45) is 2.23. The number of benzene rings is 1. The average molecular weight is 358 g/mol. The summed E-state index contributed by atoms with van der Waals surface area (Å²) >= 11 is 0. The zero-order valence-electron chi connectivity index (χ0n) is 14.1. The largest absolute Gasteiger partial charge is 0.490 e. The van der Waals surface area contributed by atoms with Crippen LogP contribution in [0.2, 0.25) is 0 Å². The second-order valence-corrected chi connectivity index (χ2v) is 6.45. The van der Waals surface area contributed by atoms with Crippen molar-refractivity contribution in [1.29, 1.82) is 0 Å². The van der Waals surface area contributed by atoms with Gasteiger partial charge in [0.2, 0.25) is 0 Å². The minimum Gasteiger partial charge on any atom is -0.490 e. The van der Waals surface area contributed by atoms with Crippen molar-refractivity contribution >= 4 is 24.0 Å². The van der Waals surface area contributed by atoms with E-state index in [1.165, 1.54) is 25.3 Å². The van der Waals surface area contributed by atoms with Gasteiger partial charge in [-0.15, -0.1) is 12.4 Å². The van der Waals surface area contributed by atoms with Crippen molar-refractivity contribution in [2.45, 2.75) is 32.7 Å². The first-order valence-corrected chi connectivity index (χ1v) is 7.69.